The van der Waals surface area contributed by atoms with Gasteiger partial charge in [0.05, 0.1) is 33.3 Å². The van der Waals surface area contributed by atoms with E-state index in [1.807, 2.05) is 30.3 Å². The van der Waals surface area contributed by atoms with Crippen molar-refractivity contribution in [1.29, 1.82) is 0 Å². The second kappa shape index (κ2) is 6.49. The normalized spacial score (nSPS) is 15.8. The highest BCUT2D eigenvalue weighted by atomic mass is 14.8. The molecule has 0 spiro atoms. The van der Waals surface area contributed by atoms with Crippen LogP contribution in [-0.4, -0.2) is 15.0 Å². The molecule has 138 valence electrons. The van der Waals surface area contributed by atoms with Crippen molar-refractivity contribution >= 4 is 39.0 Å². The molecule has 0 aliphatic heterocycles. The Balaban J connectivity index is 1.47. The van der Waals surface area contributed by atoms with Crippen LogP contribution in [0.5, 0.6) is 0 Å². The van der Waals surface area contributed by atoms with E-state index >= 15 is 0 Å². The summed E-state index contributed by atoms with van der Waals surface area (Å²) in [7, 11) is 0. The molecule has 0 saturated heterocycles. The molecule has 2 heterocycles. The SMILES string of the molecule is C1=Cc2nc3ccccc3cc2C(Cc2cccc3nc4ccccc4nc23)C1. The van der Waals surface area contributed by atoms with Crippen LogP contribution in [0, 0.1) is 0 Å². The van der Waals surface area contributed by atoms with Gasteiger partial charge in [0.1, 0.15) is 0 Å². The zero-order chi connectivity index (χ0) is 19.2. The summed E-state index contributed by atoms with van der Waals surface area (Å²) >= 11 is 0. The number of para-hydroxylation sites is 4. The van der Waals surface area contributed by atoms with Crippen molar-refractivity contribution in [2.24, 2.45) is 0 Å². The summed E-state index contributed by atoms with van der Waals surface area (Å²) in [6, 6.07) is 25.1. The number of allylic oxidation sites excluding steroid dienone is 1. The Morgan fingerprint density at radius 3 is 2.38 bits per heavy atom. The summed E-state index contributed by atoms with van der Waals surface area (Å²) in [6.07, 6.45) is 6.36. The monoisotopic (exact) mass is 373 g/mol. The van der Waals surface area contributed by atoms with Crippen molar-refractivity contribution in [1.82, 2.24) is 15.0 Å². The number of hydrogen-bond acceptors (Lipinski definition) is 3. The highest BCUT2D eigenvalue weighted by Crippen LogP contribution is 2.35. The first kappa shape index (κ1) is 16.4. The molecule has 6 rings (SSSR count). The molecule has 0 N–H and O–H groups in total. The Hall–Kier alpha value is -3.59. The van der Waals surface area contributed by atoms with E-state index in [-0.39, 0.29) is 0 Å². The fraction of sp³-hybridized carbons (Fsp3) is 0.115. The maximum atomic E-state index is 4.95. The molecule has 0 saturated carbocycles. The highest BCUT2D eigenvalue weighted by Gasteiger charge is 2.20. The third-order valence-corrected chi connectivity index (χ3v) is 5.84. The molecule has 1 atom stereocenters. The summed E-state index contributed by atoms with van der Waals surface area (Å²) in [6.45, 7) is 0. The first-order chi connectivity index (χ1) is 14.3. The van der Waals surface area contributed by atoms with Gasteiger partial charge in [-0.2, -0.15) is 0 Å². The first-order valence-electron chi connectivity index (χ1n) is 10.1. The molecule has 29 heavy (non-hydrogen) atoms. The van der Waals surface area contributed by atoms with Crippen molar-refractivity contribution in [2.75, 3.05) is 0 Å². The van der Waals surface area contributed by atoms with E-state index < -0.39 is 0 Å². The summed E-state index contributed by atoms with van der Waals surface area (Å²) in [5, 5.41) is 1.20. The fourth-order valence-corrected chi connectivity index (χ4v) is 4.40. The third-order valence-electron chi connectivity index (χ3n) is 5.84. The molecule has 5 aromatic rings. The van der Waals surface area contributed by atoms with E-state index in [1.165, 1.54) is 16.5 Å². The number of rotatable bonds is 2. The van der Waals surface area contributed by atoms with Gasteiger partial charge in [0.25, 0.3) is 0 Å². The van der Waals surface area contributed by atoms with Crippen LogP contribution in [-0.2, 0) is 6.42 Å². The number of nitrogens with zero attached hydrogens (tertiary/aromatic N) is 3. The summed E-state index contributed by atoms with van der Waals surface area (Å²) in [5.41, 5.74) is 8.59. The molecule has 0 radical (unpaired) electrons. The van der Waals surface area contributed by atoms with E-state index in [1.54, 1.807) is 0 Å². The van der Waals surface area contributed by atoms with Crippen LogP contribution in [0.1, 0.15) is 29.2 Å². The lowest BCUT2D eigenvalue weighted by atomic mass is 9.84. The van der Waals surface area contributed by atoms with Crippen molar-refractivity contribution in [2.45, 2.75) is 18.8 Å². The smallest absolute Gasteiger partial charge is 0.0926 e. The van der Waals surface area contributed by atoms with Gasteiger partial charge in [0.15, 0.2) is 0 Å². The van der Waals surface area contributed by atoms with Crippen molar-refractivity contribution in [3.8, 4) is 0 Å². The minimum atomic E-state index is 0.394. The molecule has 0 bridgehead atoms. The molecule has 0 amide bonds. The molecule has 3 nitrogen and oxygen atoms in total. The number of fused-ring (bicyclic) bond motifs is 4. The Morgan fingerprint density at radius 2 is 1.48 bits per heavy atom. The summed E-state index contributed by atoms with van der Waals surface area (Å²) in [5.74, 6) is 0.394. The minimum Gasteiger partial charge on any atom is -0.248 e. The van der Waals surface area contributed by atoms with Gasteiger partial charge in [-0.3, -0.25) is 0 Å². The van der Waals surface area contributed by atoms with Crippen LogP contribution in [0.15, 0.2) is 78.9 Å². The lowest BCUT2D eigenvalue weighted by Gasteiger charge is -2.22. The maximum Gasteiger partial charge on any atom is 0.0926 e. The van der Waals surface area contributed by atoms with Gasteiger partial charge in [-0.05, 0) is 66.3 Å². The molecule has 0 fully saturated rings. The molecular weight excluding hydrogens is 354 g/mol. The van der Waals surface area contributed by atoms with Crippen molar-refractivity contribution < 1.29 is 0 Å². The average molecular weight is 373 g/mol. The van der Waals surface area contributed by atoms with Gasteiger partial charge < -0.3 is 0 Å². The van der Waals surface area contributed by atoms with E-state index in [0.29, 0.717) is 5.92 Å². The van der Waals surface area contributed by atoms with Crippen molar-refractivity contribution in [3.63, 3.8) is 0 Å². The second-order valence-corrected chi connectivity index (χ2v) is 7.69. The highest BCUT2D eigenvalue weighted by molar-refractivity contribution is 5.88. The largest absolute Gasteiger partial charge is 0.248 e. The van der Waals surface area contributed by atoms with E-state index in [0.717, 1.165) is 46.1 Å². The third kappa shape index (κ3) is 2.78. The van der Waals surface area contributed by atoms with E-state index in [2.05, 4.69) is 54.6 Å². The first-order valence-corrected chi connectivity index (χ1v) is 10.1. The van der Waals surface area contributed by atoms with Crippen molar-refractivity contribution in [3.05, 3.63) is 95.7 Å². The van der Waals surface area contributed by atoms with Crippen LogP contribution in [0.3, 0.4) is 0 Å². The van der Waals surface area contributed by atoms with E-state index in [4.69, 9.17) is 15.0 Å². The molecule has 1 aliphatic carbocycles. The molecule has 3 heteroatoms. The maximum absolute atomic E-state index is 4.95. The van der Waals surface area contributed by atoms with Gasteiger partial charge in [0, 0.05) is 5.39 Å². The topological polar surface area (TPSA) is 38.7 Å². The minimum absolute atomic E-state index is 0.394. The zero-order valence-electron chi connectivity index (χ0n) is 15.9. The Kier molecular flexibility index (Phi) is 3.66. The van der Waals surface area contributed by atoms with Crippen LogP contribution in [0.4, 0.5) is 0 Å². The summed E-state index contributed by atoms with van der Waals surface area (Å²) < 4.78 is 0. The second-order valence-electron chi connectivity index (χ2n) is 7.69. The average Bonchev–Trinajstić information content (AvgIpc) is 2.77. The van der Waals surface area contributed by atoms with E-state index in [9.17, 15) is 0 Å². The quantitative estimate of drug-likeness (QED) is 0.352. The predicted octanol–water partition coefficient (Wildman–Crippen LogP) is 6.07. The Bertz CT molecular complexity index is 1420. The Morgan fingerprint density at radius 1 is 0.724 bits per heavy atom. The van der Waals surface area contributed by atoms with Crippen LogP contribution < -0.4 is 0 Å². The molecule has 1 unspecified atom stereocenters. The van der Waals surface area contributed by atoms with Gasteiger partial charge in [0.2, 0.25) is 0 Å². The van der Waals surface area contributed by atoms with Gasteiger partial charge in [-0.15, -0.1) is 0 Å². The molecule has 2 aromatic heterocycles. The fourth-order valence-electron chi connectivity index (χ4n) is 4.40. The number of pyridine rings is 1. The number of hydrogen-bond donors (Lipinski definition) is 0. The zero-order valence-corrected chi connectivity index (χ0v) is 15.9. The standard InChI is InChI=1S/C26H19N3/c1-2-10-21-18(7-1)16-20-17(8-5-13-22(20)27-21)15-19-9-6-14-25-26(19)29-24-12-4-3-11-23(24)28-25/h1-7,9-14,16-17H,8,15H2. The predicted molar refractivity (Wildman–Crippen MR) is 119 cm³/mol. The van der Waals surface area contributed by atoms with Crippen LogP contribution in [0.25, 0.3) is 39.0 Å². The lowest BCUT2D eigenvalue weighted by Crippen LogP contribution is -2.09. The van der Waals surface area contributed by atoms with Gasteiger partial charge >= 0.3 is 0 Å². The van der Waals surface area contributed by atoms with Gasteiger partial charge in [-0.25, -0.2) is 15.0 Å². The number of aromatic nitrogens is 3. The lowest BCUT2D eigenvalue weighted by molar-refractivity contribution is 0.688. The molecule has 3 aromatic carbocycles. The molecule has 1 aliphatic rings. The van der Waals surface area contributed by atoms with Crippen LogP contribution >= 0.6 is 0 Å². The van der Waals surface area contributed by atoms with Crippen LogP contribution in [0.2, 0.25) is 0 Å². The van der Waals surface area contributed by atoms with Gasteiger partial charge in [-0.1, -0.05) is 48.5 Å². The molecular formula is C26H19N3. The number of benzene rings is 3. The Labute approximate surface area is 168 Å². The summed E-state index contributed by atoms with van der Waals surface area (Å²) in [4.78, 5) is 14.7.